The van der Waals surface area contributed by atoms with Gasteiger partial charge >= 0.3 is 0 Å². The highest BCUT2D eigenvalue weighted by Gasteiger charge is 2.11. The molecule has 0 amide bonds. The quantitative estimate of drug-likeness (QED) is 0.830. The highest BCUT2D eigenvalue weighted by Crippen LogP contribution is 2.24. The van der Waals surface area contributed by atoms with Gasteiger partial charge in [0.05, 0.1) is 5.02 Å². The molecule has 0 aliphatic heterocycles. The van der Waals surface area contributed by atoms with Crippen molar-refractivity contribution < 1.29 is 4.39 Å². The smallest absolute Gasteiger partial charge is 0.141 e. The van der Waals surface area contributed by atoms with Gasteiger partial charge in [0.25, 0.3) is 0 Å². The van der Waals surface area contributed by atoms with E-state index in [9.17, 15) is 4.39 Å². The number of nitrogens with zero attached hydrogens (tertiary/aromatic N) is 2. The molecule has 5 heteroatoms. The predicted molar refractivity (Wildman–Crippen MR) is 72.8 cm³/mol. The molecule has 2 aromatic rings. The molecule has 1 aromatic carbocycles. The molecular formula is C13H14ClFN2S. The first-order valence-electron chi connectivity index (χ1n) is 5.86. The maximum Gasteiger partial charge on any atom is 0.141 e. The molecule has 0 saturated carbocycles. The average Bonchev–Trinajstić information content (AvgIpc) is 2.81. The molecular weight excluding hydrogens is 271 g/mol. The fraction of sp³-hybridized carbons (Fsp3) is 0.385. The monoisotopic (exact) mass is 284 g/mol. The van der Waals surface area contributed by atoms with Crippen molar-refractivity contribution in [1.29, 1.82) is 0 Å². The average molecular weight is 285 g/mol. The highest BCUT2D eigenvalue weighted by atomic mass is 35.5. The molecule has 2 nitrogen and oxygen atoms in total. The molecule has 0 aliphatic carbocycles. The van der Waals surface area contributed by atoms with Gasteiger partial charge < -0.3 is 0 Å². The Hall–Kier alpha value is -1.00. The largest absolute Gasteiger partial charge is 0.205 e. The Balaban J connectivity index is 2.13. The summed E-state index contributed by atoms with van der Waals surface area (Å²) in [5.74, 6) is 0.0473. The normalized spacial score (nSPS) is 12.7. The van der Waals surface area contributed by atoms with Crippen LogP contribution in [0, 0.1) is 5.82 Å². The van der Waals surface area contributed by atoms with Crippen molar-refractivity contribution in [1.82, 2.24) is 10.2 Å². The minimum atomic E-state index is -0.391. The van der Waals surface area contributed by atoms with E-state index in [-0.39, 0.29) is 5.02 Å². The van der Waals surface area contributed by atoms with Gasteiger partial charge in [-0.15, -0.1) is 21.5 Å². The van der Waals surface area contributed by atoms with Crippen molar-refractivity contribution in [2.75, 3.05) is 0 Å². The number of benzene rings is 1. The van der Waals surface area contributed by atoms with Gasteiger partial charge in [0.15, 0.2) is 0 Å². The van der Waals surface area contributed by atoms with E-state index in [2.05, 4.69) is 24.0 Å². The van der Waals surface area contributed by atoms with Crippen LogP contribution in [0.15, 0.2) is 18.2 Å². The summed E-state index contributed by atoms with van der Waals surface area (Å²) in [4.78, 5) is 0. The standard InChI is InChI=1S/C13H14ClFN2S/c1-3-8(2)13-17-16-12(18-13)7-9-4-5-11(15)10(14)6-9/h4-6,8H,3,7H2,1-2H3. The first-order chi connectivity index (χ1) is 8.60. The molecule has 2 rings (SSSR count). The second-order valence-electron chi connectivity index (χ2n) is 4.27. The predicted octanol–water partition coefficient (Wildman–Crippen LogP) is 4.43. The Bertz CT molecular complexity index is 542. The van der Waals surface area contributed by atoms with Crippen LogP contribution in [0.25, 0.3) is 0 Å². The van der Waals surface area contributed by atoms with E-state index < -0.39 is 5.82 Å². The zero-order valence-electron chi connectivity index (χ0n) is 10.3. The van der Waals surface area contributed by atoms with Crippen LogP contribution in [0.4, 0.5) is 4.39 Å². The molecule has 0 fully saturated rings. The minimum absolute atomic E-state index is 0.152. The Morgan fingerprint density at radius 1 is 1.39 bits per heavy atom. The van der Waals surface area contributed by atoms with E-state index in [0.29, 0.717) is 12.3 Å². The summed E-state index contributed by atoms with van der Waals surface area (Å²) in [6.07, 6.45) is 1.70. The van der Waals surface area contributed by atoms with Gasteiger partial charge in [0.1, 0.15) is 15.8 Å². The number of hydrogen-bond acceptors (Lipinski definition) is 3. The zero-order valence-corrected chi connectivity index (χ0v) is 11.9. The third-order valence-corrected chi connectivity index (χ3v) is 4.30. The maximum atomic E-state index is 13.0. The molecule has 1 aromatic heterocycles. The van der Waals surface area contributed by atoms with Gasteiger partial charge in [-0.05, 0) is 24.1 Å². The number of hydrogen-bond donors (Lipinski definition) is 0. The second-order valence-corrected chi connectivity index (χ2v) is 5.77. The molecule has 1 atom stereocenters. The van der Waals surface area contributed by atoms with Gasteiger partial charge in [-0.3, -0.25) is 0 Å². The summed E-state index contributed by atoms with van der Waals surface area (Å²) in [6.45, 7) is 4.27. The van der Waals surface area contributed by atoms with Crippen molar-refractivity contribution in [2.45, 2.75) is 32.6 Å². The van der Waals surface area contributed by atoms with E-state index >= 15 is 0 Å². The molecule has 0 aliphatic rings. The molecule has 0 N–H and O–H groups in total. The van der Waals surface area contributed by atoms with E-state index in [0.717, 1.165) is 22.0 Å². The summed E-state index contributed by atoms with van der Waals surface area (Å²) in [5, 5.41) is 10.5. The Kier molecular flexibility index (Phi) is 4.30. The lowest BCUT2D eigenvalue weighted by Gasteiger charge is -2.01. The Morgan fingerprint density at radius 3 is 2.83 bits per heavy atom. The van der Waals surface area contributed by atoms with Crippen LogP contribution in [0.5, 0.6) is 0 Å². The molecule has 96 valence electrons. The lowest BCUT2D eigenvalue weighted by molar-refractivity contribution is 0.627. The molecule has 0 spiro atoms. The van der Waals surface area contributed by atoms with Crippen molar-refractivity contribution in [3.05, 3.63) is 44.6 Å². The van der Waals surface area contributed by atoms with Gasteiger partial charge in [0.2, 0.25) is 0 Å². The summed E-state index contributed by atoms with van der Waals surface area (Å²) in [6, 6.07) is 4.75. The van der Waals surface area contributed by atoms with Crippen LogP contribution in [-0.2, 0) is 6.42 Å². The number of halogens is 2. The molecule has 1 heterocycles. The van der Waals surface area contributed by atoms with Crippen molar-refractivity contribution in [3.8, 4) is 0 Å². The first-order valence-corrected chi connectivity index (χ1v) is 7.05. The summed E-state index contributed by atoms with van der Waals surface area (Å²) in [7, 11) is 0. The third kappa shape index (κ3) is 3.06. The third-order valence-electron chi connectivity index (χ3n) is 2.86. The van der Waals surface area contributed by atoms with Crippen LogP contribution in [0.3, 0.4) is 0 Å². The van der Waals surface area contributed by atoms with Crippen LogP contribution in [0.1, 0.15) is 41.8 Å². The SMILES string of the molecule is CCC(C)c1nnc(Cc2ccc(F)c(Cl)c2)s1. The summed E-state index contributed by atoms with van der Waals surface area (Å²) >= 11 is 7.36. The van der Waals surface area contributed by atoms with Crippen molar-refractivity contribution in [3.63, 3.8) is 0 Å². The van der Waals surface area contributed by atoms with Crippen molar-refractivity contribution >= 4 is 22.9 Å². The molecule has 0 bridgehead atoms. The Morgan fingerprint density at radius 2 is 2.17 bits per heavy atom. The van der Waals surface area contributed by atoms with Crippen LogP contribution in [-0.4, -0.2) is 10.2 Å². The van der Waals surface area contributed by atoms with Crippen molar-refractivity contribution in [2.24, 2.45) is 0 Å². The van der Waals surface area contributed by atoms with Gasteiger partial charge in [0, 0.05) is 12.3 Å². The summed E-state index contributed by atoms with van der Waals surface area (Å²) < 4.78 is 13.0. The molecule has 0 saturated heterocycles. The van der Waals surface area contributed by atoms with Crippen LogP contribution >= 0.6 is 22.9 Å². The molecule has 0 radical (unpaired) electrons. The minimum Gasteiger partial charge on any atom is -0.205 e. The van der Waals surface area contributed by atoms with Gasteiger partial charge in [-0.25, -0.2) is 4.39 Å². The van der Waals surface area contributed by atoms with Crippen LogP contribution < -0.4 is 0 Å². The van der Waals surface area contributed by atoms with E-state index in [4.69, 9.17) is 11.6 Å². The lowest BCUT2D eigenvalue weighted by atomic mass is 10.1. The fourth-order valence-electron chi connectivity index (χ4n) is 1.54. The van der Waals surface area contributed by atoms with E-state index in [1.54, 1.807) is 23.5 Å². The molecule has 1 unspecified atom stereocenters. The summed E-state index contributed by atoms with van der Waals surface area (Å²) in [5.41, 5.74) is 0.952. The molecule has 18 heavy (non-hydrogen) atoms. The fourth-order valence-corrected chi connectivity index (χ4v) is 2.75. The van der Waals surface area contributed by atoms with E-state index in [1.165, 1.54) is 6.07 Å². The van der Waals surface area contributed by atoms with Gasteiger partial charge in [-0.2, -0.15) is 0 Å². The van der Waals surface area contributed by atoms with Gasteiger partial charge in [-0.1, -0.05) is 31.5 Å². The Labute approximate surface area is 115 Å². The zero-order chi connectivity index (χ0) is 13.1. The van der Waals surface area contributed by atoms with E-state index in [1.807, 2.05) is 0 Å². The first kappa shape index (κ1) is 13.4. The lowest BCUT2D eigenvalue weighted by Crippen LogP contribution is -1.89. The second kappa shape index (κ2) is 5.76. The maximum absolute atomic E-state index is 13.0. The number of aromatic nitrogens is 2. The van der Waals surface area contributed by atoms with Crippen LogP contribution in [0.2, 0.25) is 5.02 Å². The highest BCUT2D eigenvalue weighted by molar-refractivity contribution is 7.11. The topological polar surface area (TPSA) is 25.8 Å². The number of rotatable bonds is 4.